The highest BCUT2D eigenvalue weighted by Crippen LogP contribution is 2.20. The van der Waals surface area contributed by atoms with E-state index in [0.29, 0.717) is 13.0 Å². The fourth-order valence-corrected chi connectivity index (χ4v) is 5.05. The third-order valence-corrected chi connectivity index (χ3v) is 6.39. The predicted molar refractivity (Wildman–Crippen MR) is 88.2 cm³/mol. The smallest absolute Gasteiger partial charge is 0.263 e. The minimum atomic E-state index is -2.99. The Bertz CT molecular complexity index is 601. The molecule has 0 aromatic heterocycles. The van der Waals surface area contributed by atoms with Gasteiger partial charge in [0.25, 0.3) is 5.91 Å². The fourth-order valence-electron chi connectivity index (χ4n) is 3.31. The largest absolute Gasteiger partial charge is 0.372 e. The fraction of sp³-hybridized carbons (Fsp3) is 0.750. The molecule has 0 aromatic rings. The Morgan fingerprint density at radius 1 is 1.30 bits per heavy atom. The number of carbonyl (C=O) groups is 1. The number of nitriles is 1. The molecule has 1 saturated carbocycles. The topological polar surface area (TPSA) is 90.3 Å². The van der Waals surface area contributed by atoms with Gasteiger partial charge in [-0.2, -0.15) is 5.26 Å². The van der Waals surface area contributed by atoms with Gasteiger partial charge in [0.2, 0.25) is 0 Å². The molecule has 1 saturated heterocycles. The number of nitrogens with one attached hydrogen (secondary N) is 1. The molecule has 1 heterocycles. The maximum Gasteiger partial charge on any atom is 0.263 e. The van der Waals surface area contributed by atoms with Crippen LogP contribution in [-0.2, 0) is 14.6 Å². The first-order valence-electron chi connectivity index (χ1n) is 8.34. The number of nitrogens with zero attached hydrogens (tertiary/aromatic N) is 2. The molecule has 0 aromatic carbocycles. The van der Waals surface area contributed by atoms with Gasteiger partial charge in [0, 0.05) is 24.8 Å². The van der Waals surface area contributed by atoms with E-state index in [2.05, 4.69) is 5.32 Å². The average Bonchev–Trinajstić information content (AvgIpc) is 2.89. The lowest BCUT2D eigenvalue weighted by Gasteiger charge is -2.26. The van der Waals surface area contributed by atoms with Crippen LogP contribution in [0.15, 0.2) is 11.8 Å². The van der Waals surface area contributed by atoms with Crippen molar-refractivity contribution in [3.8, 4) is 6.07 Å². The second kappa shape index (κ2) is 7.82. The average molecular weight is 339 g/mol. The summed E-state index contributed by atoms with van der Waals surface area (Å²) >= 11 is 0. The van der Waals surface area contributed by atoms with Gasteiger partial charge in [0.15, 0.2) is 9.84 Å². The number of sulfone groups is 1. The summed E-state index contributed by atoms with van der Waals surface area (Å²) in [4.78, 5) is 14.1. The number of hydrogen-bond acceptors (Lipinski definition) is 5. The van der Waals surface area contributed by atoms with Crippen LogP contribution in [0.3, 0.4) is 0 Å². The second-order valence-corrected chi connectivity index (χ2v) is 8.58. The Morgan fingerprint density at radius 2 is 2.00 bits per heavy atom. The molecule has 1 N–H and O–H groups in total. The Labute approximate surface area is 138 Å². The summed E-state index contributed by atoms with van der Waals surface area (Å²) in [6.07, 6.45) is 7.42. The number of amides is 1. The lowest BCUT2D eigenvalue weighted by molar-refractivity contribution is -0.118. The maximum absolute atomic E-state index is 12.3. The van der Waals surface area contributed by atoms with Gasteiger partial charge in [-0.3, -0.25) is 4.79 Å². The van der Waals surface area contributed by atoms with Gasteiger partial charge in [0.05, 0.1) is 11.5 Å². The van der Waals surface area contributed by atoms with Gasteiger partial charge in [0.1, 0.15) is 11.6 Å². The van der Waals surface area contributed by atoms with Gasteiger partial charge in [-0.25, -0.2) is 8.42 Å². The van der Waals surface area contributed by atoms with E-state index in [-0.39, 0.29) is 35.1 Å². The van der Waals surface area contributed by atoms with Crippen LogP contribution >= 0.6 is 0 Å². The zero-order valence-electron chi connectivity index (χ0n) is 13.6. The standard InChI is InChI=1S/C16H25N3O3S/c1-2-19(15-8-9-23(21,22)12-15)11-13(10-17)16(20)18-14-6-4-3-5-7-14/h11,14-15H,2-9,12H2,1H3,(H,18,20)/b13-11-. The quantitative estimate of drug-likeness (QED) is 0.603. The maximum atomic E-state index is 12.3. The molecule has 23 heavy (non-hydrogen) atoms. The molecule has 1 atom stereocenters. The lowest BCUT2D eigenvalue weighted by Crippen LogP contribution is -2.38. The van der Waals surface area contributed by atoms with Gasteiger partial charge >= 0.3 is 0 Å². The van der Waals surface area contributed by atoms with Crippen molar-refractivity contribution in [1.29, 1.82) is 5.26 Å². The summed E-state index contributed by atoms with van der Waals surface area (Å²) in [5.41, 5.74) is 0.0571. The van der Waals surface area contributed by atoms with Crippen molar-refractivity contribution in [3.05, 3.63) is 11.8 Å². The van der Waals surface area contributed by atoms with Crippen molar-refractivity contribution in [3.63, 3.8) is 0 Å². The Hall–Kier alpha value is -1.55. The molecule has 0 spiro atoms. The van der Waals surface area contributed by atoms with E-state index in [4.69, 9.17) is 0 Å². The minimum Gasteiger partial charge on any atom is -0.372 e. The van der Waals surface area contributed by atoms with E-state index in [9.17, 15) is 18.5 Å². The molecule has 6 nitrogen and oxygen atoms in total. The first kappa shape index (κ1) is 17.8. The highest BCUT2D eigenvalue weighted by molar-refractivity contribution is 7.91. The van der Waals surface area contributed by atoms with Gasteiger partial charge in [-0.1, -0.05) is 19.3 Å². The van der Waals surface area contributed by atoms with Crippen LogP contribution in [0, 0.1) is 11.3 Å². The van der Waals surface area contributed by atoms with Crippen LogP contribution in [-0.4, -0.2) is 49.4 Å². The summed E-state index contributed by atoms with van der Waals surface area (Å²) in [5.74, 6) is -0.0722. The SMILES string of the molecule is CCN(/C=C(/C#N)C(=O)NC1CCCCC1)C1CCS(=O)(=O)C1. The zero-order valence-corrected chi connectivity index (χ0v) is 14.4. The van der Waals surface area contributed by atoms with E-state index in [1.54, 1.807) is 0 Å². The molecule has 1 aliphatic heterocycles. The molecule has 0 radical (unpaired) electrons. The van der Waals surface area contributed by atoms with E-state index in [1.807, 2.05) is 17.9 Å². The molecule has 1 aliphatic carbocycles. The van der Waals surface area contributed by atoms with Crippen LogP contribution in [0.1, 0.15) is 45.4 Å². The van der Waals surface area contributed by atoms with E-state index >= 15 is 0 Å². The summed E-state index contributed by atoms with van der Waals surface area (Å²) in [6, 6.07) is 1.96. The molecule has 0 bridgehead atoms. The summed E-state index contributed by atoms with van der Waals surface area (Å²) < 4.78 is 23.2. The molecular formula is C16H25N3O3S. The molecule has 7 heteroatoms. The molecule has 1 unspecified atom stereocenters. The number of hydrogen-bond donors (Lipinski definition) is 1. The third kappa shape index (κ3) is 4.96. The molecular weight excluding hydrogens is 314 g/mol. The number of rotatable bonds is 5. The van der Waals surface area contributed by atoms with Crippen LogP contribution in [0.25, 0.3) is 0 Å². The van der Waals surface area contributed by atoms with Gasteiger partial charge in [-0.15, -0.1) is 0 Å². The van der Waals surface area contributed by atoms with E-state index < -0.39 is 9.84 Å². The van der Waals surface area contributed by atoms with Gasteiger partial charge < -0.3 is 10.2 Å². The first-order valence-corrected chi connectivity index (χ1v) is 10.2. The molecule has 128 valence electrons. The molecule has 2 fully saturated rings. The van der Waals surface area contributed by atoms with Crippen molar-refractivity contribution >= 4 is 15.7 Å². The van der Waals surface area contributed by atoms with Crippen molar-refractivity contribution in [1.82, 2.24) is 10.2 Å². The summed E-state index contributed by atoms with van der Waals surface area (Å²) in [6.45, 7) is 2.47. The van der Waals surface area contributed by atoms with Crippen LogP contribution in [0.5, 0.6) is 0 Å². The Balaban J connectivity index is 2.03. The van der Waals surface area contributed by atoms with Crippen molar-refractivity contribution < 1.29 is 13.2 Å². The minimum absolute atomic E-state index is 0.0571. The van der Waals surface area contributed by atoms with Crippen LogP contribution in [0.4, 0.5) is 0 Å². The lowest BCUT2D eigenvalue weighted by atomic mass is 9.95. The number of carbonyl (C=O) groups excluding carboxylic acids is 1. The monoisotopic (exact) mass is 339 g/mol. The molecule has 1 amide bonds. The van der Waals surface area contributed by atoms with Crippen LogP contribution in [0.2, 0.25) is 0 Å². The zero-order chi connectivity index (χ0) is 16.9. The highest BCUT2D eigenvalue weighted by Gasteiger charge is 2.31. The summed E-state index contributed by atoms with van der Waals surface area (Å²) in [5, 5.41) is 12.2. The normalized spacial score (nSPS) is 24.9. The highest BCUT2D eigenvalue weighted by atomic mass is 32.2. The third-order valence-electron chi connectivity index (χ3n) is 4.64. The summed E-state index contributed by atoms with van der Waals surface area (Å²) in [7, 11) is -2.99. The van der Waals surface area contributed by atoms with Crippen molar-refractivity contribution in [2.45, 2.75) is 57.5 Å². The Kier molecular flexibility index (Phi) is 6.05. The second-order valence-electron chi connectivity index (χ2n) is 6.35. The van der Waals surface area contributed by atoms with Gasteiger partial charge in [-0.05, 0) is 26.2 Å². The van der Waals surface area contributed by atoms with E-state index in [0.717, 1.165) is 25.7 Å². The first-order chi connectivity index (χ1) is 10.9. The Morgan fingerprint density at radius 3 is 2.52 bits per heavy atom. The molecule has 2 aliphatic rings. The van der Waals surface area contributed by atoms with E-state index in [1.165, 1.54) is 12.6 Å². The van der Waals surface area contributed by atoms with Crippen LogP contribution < -0.4 is 5.32 Å². The molecule has 2 rings (SSSR count). The van der Waals surface area contributed by atoms with Crippen molar-refractivity contribution in [2.75, 3.05) is 18.1 Å². The predicted octanol–water partition coefficient (Wildman–Crippen LogP) is 1.35. The van der Waals surface area contributed by atoms with Crippen molar-refractivity contribution in [2.24, 2.45) is 0 Å².